The van der Waals surface area contributed by atoms with Crippen LogP contribution in [0.25, 0.3) is 0 Å². The molecule has 0 aliphatic carbocycles. The molecule has 0 atom stereocenters. The zero-order chi connectivity index (χ0) is 88.0. The average molecular weight is 1840 g/mol. The summed E-state index contributed by atoms with van der Waals surface area (Å²) in [5.41, 5.74) is 1.64. The number of benzene rings is 2. The van der Waals surface area contributed by atoms with E-state index in [4.69, 9.17) is 47.7 Å². The Morgan fingerprint density at radius 2 is 0.562 bits per heavy atom. The molecular weight excluding hydrogens is 1670 g/mol. The van der Waals surface area contributed by atoms with Gasteiger partial charge in [-0.05, 0) is 80.8 Å². The van der Waals surface area contributed by atoms with Gasteiger partial charge < -0.3 is 77.0 Å². The van der Waals surface area contributed by atoms with Gasteiger partial charge >= 0.3 is 47.8 Å². The van der Waals surface area contributed by atoms with Crippen LogP contribution >= 0.6 is 11.8 Å². The zero-order valence-corrected chi connectivity index (χ0v) is 79.6. The van der Waals surface area contributed by atoms with Gasteiger partial charge in [-0.25, -0.2) is 0 Å². The molecule has 0 aliphatic heterocycles. The molecular formula is C98H167INO20S-. The number of unbranched alkanes of at least 4 members (excludes halogenated alkanes) is 48. The van der Waals surface area contributed by atoms with Gasteiger partial charge in [0.15, 0.2) is 12.2 Å². The number of rotatable bonds is 81. The Kier molecular flexibility index (Phi) is 86.0. The Hall–Kier alpha value is -5.98. The van der Waals surface area contributed by atoms with Crippen LogP contribution in [-0.2, 0) is 87.5 Å². The number of anilines is 1. The number of carboxylic acids is 1. The van der Waals surface area contributed by atoms with E-state index in [9.17, 15) is 47.9 Å². The smallest absolute Gasteiger partial charge is 0.309 e. The number of carbonyl (C=O) groups excluding carboxylic acids is 9. The van der Waals surface area contributed by atoms with Crippen molar-refractivity contribution in [2.75, 3.05) is 50.7 Å². The number of ether oxygens (including phenoxy) is 9. The number of esters is 7. The number of hydrogen-bond donors (Lipinski definition) is 2. The Morgan fingerprint density at radius 1 is 0.314 bits per heavy atom. The fourth-order valence-electron chi connectivity index (χ4n) is 13.5. The number of Topliss-reactive ketones (excluding diaryl/α,β-unsaturated/α-hetero) is 1. The van der Waals surface area contributed by atoms with Crippen LogP contribution in [0.1, 0.15) is 432 Å². The van der Waals surface area contributed by atoms with Crippen LogP contribution in [0.4, 0.5) is 5.69 Å². The molecule has 21 nitrogen and oxygen atoms in total. The summed E-state index contributed by atoms with van der Waals surface area (Å²) in [5.74, 6) is -2.79. The molecule has 0 unspecified atom stereocenters. The predicted octanol–water partition coefficient (Wildman–Crippen LogP) is 22.6. The van der Waals surface area contributed by atoms with Gasteiger partial charge in [0.1, 0.15) is 49.6 Å². The van der Waals surface area contributed by atoms with Crippen LogP contribution in [0.2, 0.25) is 0 Å². The Morgan fingerprint density at radius 3 is 0.826 bits per heavy atom. The summed E-state index contributed by atoms with van der Waals surface area (Å²) in [6.07, 6.45) is 63.6. The molecule has 2 N–H and O–H groups in total. The van der Waals surface area contributed by atoms with E-state index in [2.05, 4.69) is 33.0 Å². The van der Waals surface area contributed by atoms with E-state index in [-0.39, 0.29) is 144 Å². The molecule has 0 fully saturated rings. The van der Waals surface area contributed by atoms with Crippen molar-refractivity contribution >= 4 is 76.9 Å². The Bertz CT molecular complexity index is 2740. The molecule has 0 spiro atoms. The van der Waals surface area contributed by atoms with Gasteiger partial charge in [0.2, 0.25) is 12.7 Å². The highest BCUT2D eigenvalue weighted by molar-refractivity contribution is 7.98. The summed E-state index contributed by atoms with van der Waals surface area (Å²) in [5, 5.41) is 11.5. The fourth-order valence-corrected chi connectivity index (χ4v) is 13.8. The largest absolute Gasteiger partial charge is 1.00 e. The SMILES string of the molecule is CCCCCCCCCCCCCCCC(=O)OCC(COC(=O)CCCCCCCCCCCCCCC)OC(=O)CCC(=O)O.CCCCCCCCCCCCCCCC(=O)OCC(COC(=O)CCCCCCCCCCCCCCC)OC(=O)CCC(=O)OCOc1ccc(CC(C)=O)cc1.CSCOc1ccc(NC(C)=O)cc1.[I-]. The zero-order valence-electron chi connectivity index (χ0n) is 76.6. The highest BCUT2D eigenvalue weighted by atomic mass is 127. The first-order valence-corrected chi connectivity index (χ1v) is 48.8. The molecule has 0 saturated heterocycles. The minimum absolute atomic E-state index is 0. The summed E-state index contributed by atoms with van der Waals surface area (Å²) >= 11 is 1.62. The van der Waals surface area contributed by atoms with Crippen molar-refractivity contribution in [3.05, 3.63) is 54.1 Å². The average Bonchev–Trinajstić information content (AvgIpc) is 0.912. The first kappa shape index (κ1) is 117. The number of carbonyl (C=O) groups is 10. The van der Waals surface area contributed by atoms with Crippen molar-refractivity contribution in [1.29, 1.82) is 0 Å². The van der Waals surface area contributed by atoms with Gasteiger partial charge in [-0.3, -0.25) is 47.9 Å². The highest BCUT2D eigenvalue weighted by Crippen LogP contribution is 2.22. The first-order valence-electron chi connectivity index (χ1n) is 47.4. The van der Waals surface area contributed by atoms with Crippen LogP contribution in [0.5, 0.6) is 11.5 Å². The Labute approximate surface area is 753 Å². The van der Waals surface area contributed by atoms with Gasteiger partial charge in [0, 0.05) is 44.7 Å². The number of halogens is 1. The second-order valence-corrected chi connectivity index (χ2v) is 33.2. The van der Waals surface area contributed by atoms with Crippen molar-refractivity contribution in [3.63, 3.8) is 0 Å². The van der Waals surface area contributed by atoms with E-state index in [1.807, 2.05) is 30.5 Å². The minimum atomic E-state index is -1.10. The topological polar surface area (TPSA) is 286 Å². The summed E-state index contributed by atoms with van der Waals surface area (Å²) in [6.45, 7) is 10.7. The maximum absolute atomic E-state index is 12.7. The van der Waals surface area contributed by atoms with Crippen LogP contribution in [-0.4, -0.2) is 122 Å². The van der Waals surface area contributed by atoms with Gasteiger partial charge in [0.25, 0.3) is 0 Å². The molecule has 1 amide bonds. The number of thioether (sulfide) groups is 1. The molecule has 0 radical (unpaired) electrons. The lowest BCUT2D eigenvalue weighted by Gasteiger charge is -2.18. The van der Waals surface area contributed by atoms with Gasteiger partial charge in [-0.1, -0.05) is 348 Å². The minimum Gasteiger partial charge on any atom is -1.00 e. The lowest BCUT2D eigenvalue weighted by atomic mass is 10.0. The molecule has 23 heteroatoms. The monoisotopic (exact) mass is 1840 g/mol. The maximum Gasteiger partial charge on any atom is 0.309 e. The highest BCUT2D eigenvalue weighted by Gasteiger charge is 2.23. The molecule has 0 saturated carbocycles. The molecule has 698 valence electrons. The van der Waals surface area contributed by atoms with Crippen molar-refractivity contribution in [2.24, 2.45) is 0 Å². The van der Waals surface area contributed by atoms with Crippen LogP contribution in [0.15, 0.2) is 48.5 Å². The second kappa shape index (κ2) is 88.9. The van der Waals surface area contributed by atoms with Crippen molar-refractivity contribution in [2.45, 2.75) is 445 Å². The van der Waals surface area contributed by atoms with Crippen molar-refractivity contribution < 1.29 is 120 Å². The van der Waals surface area contributed by atoms with Crippen LogP contribution in [0.3, 0.4) is 0 Å². The Balaban J connectivity index is 0. The van der Waals surface area contributed by atoms with Crippen molar-refractivity contribution in [3.8, 4) is 11.5 Å². The van der Waals surface area contributed by atoms with E-state index < -0.39 is 36.1 Å². The number of ketones is 1. The number of nitrogens with one attached hydrogen (secondary N) is 1. The number of amides is 1. The lowest BCUT2D eigenvalue weighted by Crippen LogP contribution is -3.00. The number of hydrogen-bond acceptors (Lipinski definition) is 20. The van der Waals surface area contributed by atoms with E-state index in [0.717, 1.165) is 94.1 Å². The van der Waals surface area contributed by atoms with Gasteiger partial charge in [-0.2, -0.15) is 0 Å². The molecule has 0 heterocycles. The lowest BCUT2D eigenvalue weighted by molar-refractivity contribution is -0.168. The second-order valence-electron chi connectivity index (χ2n) is 32.4. The molecule has 2 rings (SSSR count). The van der Waals surface area contributed by atoms with Crippen molar-refractivity contribution in [1.82, 2.24) is 0 Å². The van der Waals surface area contributed by atoms with E-state index in [0.29, 0.717) is 18.1 Å². The van der Waals surface area contributed by atoms with Crippen LogP contribution < -0.4 is 38.8 Å². The summed E-state index contributed by atoms with van der Waals surface area (Å²) in [7, 11) is 0. The molecule has 2 aromatic carbocycles. The quantitative estimate of drug-likeness (QED) is 0.0204. The molecule has 2 aromatic rings. The molecule has 0 aromatic heterocycles. The van der Waals surface area contributed by atoms with Crippen LogP contribution in [0, 0.1) is 0 Å². The number of carboxylic acid groups (broad SMARTS) is 1. The van der Waals surface area contributed by atoms with E-state index >= 15 is 0 Å². The maximum atomic E-state index is 12.7. The normalized spacial score (nSPS) is 10.8. The third kappa shape index (κ3) is 84.6. The predicted molar refractivity (Wildman–Crippen MR) is 483 cm³/mol. The first-order chi connectivity index (χ1) is 58.3. The fraction of sp³-hybridized carbons (Fsp3) is 0.776. The van der Waals surface area contributed by atoms with Gasteiger partial charge in [0.05, 0.1) is 25.7 Å². The number of aliphatic carboxylic acids is 1. The van der Waals surface area contributed by atoms with Gasteiger partial charge in [-0.15, -0.1) is 11.8 Å². The third-order valence-corrected chi connectivity index (χ3v) is 21.0. The summed E-state index contributed by atoms with van der Waals surface area (Å²) in [4.78, 5) is 120. The summed E-state index contributed by atoms with van der Waals surface area (Å²) < 4.78 is 48.2. The third-order valence-electron chi connectivity index (χ3n) is 20.7. The standard InChI is InChI=1S/C49H82O10.C39H72O8.C10H13NO2S.HI/c1-4-6-8-10-12-14-16-18-20-22-24-26-28-30-46(51)55-39-45(40-56-47(52)31-29-27-25-23-21-19-17-15-13-11-9-7-5-2)59-49(54)37-36-48(53)58-41-57-44-34-32-43(33-35-44)38-42(3)50;1-3-5-7-9-11-13-15-17-19-21-23-25-27-29-37(42)45-33-35(47-39(44)32-31-36(40)41)34-46-38(43)30-28-26-24-22-20-18-16-14-12-10-8-6-4-2;1-8(12)11-9-3-5-10(6-4-9)13-7-14-2;/h32-35,45H,4-31,36-41H2,1-3H3;35H,3-34H2,1-2H3,(H,40,41);3-6H,7H2,1-2H3,(H,11,12);1H/p-1. The van der Waals surface area contributed by atoms with E-state index in [1.54, 1.807) is 36.0 Å². The molecule has 0 bridgehead atoms. The van der Waals surface area contributed by atoms with E-state index in [1.165, 1.54) is 271 Å². The molecule has 121 heavy (non-hydrogen) atoms. The molecule has 0 aliphatic rings. The summed E-state index contributed by atoms with van der Waals surface area (Å²) in [6, 6.07) is 14.2.